The van der Waals surface area contributed by atoms with Crippen LogP contribution in [0.25, 0.3) is 11.1 Å². The van der Waals surface area contributed by atoms with Crippen molar-refractivity contribution in [1.29, 1.82) is 0 Å². The Morgan fingerprint density at radius 2 is 1.86 bits per heavy atom. The van der Waals surface area contributed by atoms with Crippen LogP contribution in [-0.2, 0) is 0 Å². The number of aliphatic hydroxyl groups excluding tert-OH is 1. The summed E-state index contributed by atoms with van der Waals surface area (Å²) in [5, 5.41) is 17.3. The first-order chi connectivity index (χ1) is 10.1. The van der Waals surface area contributed by atoms with Gasteiger partial charge in [-0.05, 0) is 52.5 Å². The molecule has 2 N–H and O–H groups in total. The van der Waals surface area contributed by atoms with Crippen LogP contribution in [-0.4, -0.2) is 30.9 Å². The van der Waals surface area contributed by atoms with Crippen molar-refractivity contribution in [3.8, 4) is 16.9 Å². The lowest BCUT2D eigenvalue weighted by Crippen LogP contribution is -2.33. The van der Waals surface area contributed by atoms with Gasteiger partial charge in [0.05, 0.1) is 0 Å². The van der Waals surface area contributed by atoms with Gasteiger partial charge in [-0.1, -0.05) is 26.0 Å². The molecule has 0 radical (unpaired) electrons. The molecular formula is C17H23NO2S. The Bertz CT molecular complexity index is 508. The van der Waals surface area contributed by atoms with E-state index in [0.29, 0.717) is 19.1 Å². The molecule has 0 aliphatic carbocycles. The fraction of sp³-hybridized carbons (Fsp3) is 0.412. The van der Waals surface area contributed by atoms with E-state index in [9.17, 15) is 5.11 Å². The van der Waals surface area contributed by atoms with Crippen LogP contribution in [0.4, 0.5) is 0 Å². The van der Waals surface area contributed by atoms with Crippen molar-refractivity contribution in [3.63, 3.8) is 0 Å². The molecule has 1 aromatic heterocycles. The first-order valence-electron chi connectivity index (χ1n) is 7.29. The summed E-state index contributed by atoms with van der Waals surface area (Å²) in [6, 6.07) is 10.1. The number of nitrogens with one attached hydrogen (secondary N) is 1. The van der Waals surface area contributed by atoms with E-state index in [0.717, 1.165) is 12.3 Å². The predicted molar refractivity (Wildman–Crippen MR) is 89.0 cm³/mol. The Morgan fingerprint density at radius 1 is 1.10 bits per heavy atom. The van der Waals surface area contributed by atoms with Crippen LogP contribution in [0.3, 0.4) is 0 Å². The lowest BCUT2D eigenvalue weighted by atomic mass is 10.1. The van der Waals surface area contributed by atoms with E-state index in [1.54, 1.807) is 11.3 Å². The summed E-state index contributed by atoms with van der Waals surface area (Å²) in [5.41, 5.74) is 2.41. The van der Waals surface area contributed by atoms with Crippen LogP contribution in [0.1, 0.15) is 13.8 Å². The van der Waals surface area contributed by atoms with Crippen molar-refractivity contribution >= 4 is 11.3 Å². The standard InChI is InChI=1S/C17H23NO2S/c1-13(2)9-18-10-16(19)11-20-17-5-3-14(4-6-17)15-7-8-21-12-15/h3-8,12-13,16,18-19H,9-11H2,1-2H3. The summed E-state index contributed by atoms with van der Waals surface area (Å²) < 4.78 is 5.61. The normalized spacial score (nSPS) is 12.6. The van der Waals surface area contributed by atoms with E-state index in [4.69, 9.17) is 4.74 Å². The summed E-state index contributed by atoms with van der Waals surface area (Å²) in [7, 11) is 0. The van der Waals surface area contributed by atoms with E-state index in [-0.39, 0.29) is 0 Å². The first kappa shape index (κ1) is 16.0. The number of hydrogen-bond donors (Lipinski definition) is 2. The van der Waals surface area contributed by atoms with Crippen LogP contribution in [0.2, 0.25) is 0 Å². The van der Waals surface area contributed by atoms with Crippen molar-refractivity contribution < 1.29 is 9.84 Å². The van der Waals surface area contributed by atoms with Crippen molar-refractivity contribution in [2.24, 2.45) is 5.92 Å². The lowest BCUT2D eigenvalue weighted by Gasteiger charge is -2.14. The van der Waals surface area contributed by atoms with Gasteiger partial charge in [0.1, 0.15) is 18.5 Å². The van der Waals surface area contributed by atoms with Crippen molar-refractivity contribution in [3.05, 3.63) is 41.1 Å². The maximum atomic E-state index is 9.84. The number of ether oxygens (including phenoxy) is 1. The maximum Gasteiger partial charge on any atom is 0.119 e. The molecule has 0 bridgehead atoms. The Balaban J connectivity index is 1.76. The molecule has 0 fully saturated rings. The number of benzene rings is 1. The average molecular weight is 305 g/mol. The third-order valence-electron chi connectivity index (χ3n) is 3.08. The monoisotopic (exact) mass is 305 g/mol. The average Bonchev–Trinajstić information content (AvgIpc) is 2.99. The Morgan fingerprint density at radius 3 is 2.48 bits per heavy atom. The number of aliphatic hydroxyl groups is 1. The van der Waals surface area contributed by atoms with Gasteiger partial charge in [-0.25, -0.2) is 0 Å². The van der Waals surface area contributed by atoms with Crippen LogP contribution >= 0.6 is 11.3 Å². The fourth-order valence-electron chi connectivity index (χ4n) is 1.96. The minimum atomic E-state index is -0.486. The third kappa shape index (κ3) is 5.50. The van der Waals surface area contributed by atoms with Gasteiger partial charge < -0.3 is 15.2 Å². The highest BCUT2D eigenvalue weighted by molar-refractivity contribution is 7.08. The zero-order valence-electron chi connectivity index (χ0n) is 12.6. The molecule has 21 heavy (non-hydrogen) atoms. The Kier molecular flexibility index (Phi) is 6.23. The molecule has 4 heteroatoms. The van der Waals surface area contributed by atoms with Crippen molar-refractivity contribution in [2.45, 2.75) is 20.0 Å². The molecule has 0 aliphatic heterocycles. The van der Waals surface area contributed by atoms with Gasteiger partial charge in [-0.3, -0.25) is 0 Å². The highest BCUT2D eigenvalue weighted by atomic mass is 32.1. The van der Waals surface area contributed by atoms with E-state index in [1.165, 1.54) is 11.1 Å². The molecule has 0 amide bonds. The van der Waals surface area contributed by atoms with Crippen molar-refractivity contribution in [1.82, 2.24) is 5.32 Å². The number of hydrogen-bond acceptors (Lipinski definition) is 4. The van der Waals surface area contributed by atoms with Gasteiger partial charge in [0.15, 0.2) is 0 Å². The molecule has 1 heterocycles. The molecular weight excluding hydrogens is 282 g/mol. The summed E-state index contributed by atoms with van der Waals surface area (Å²) in [6.45, 7) is 6.07. The number of thiophene rings is 1. The first-order valence-corrected chi connectivity index (χ1v) is 8.23. The highest BCUT2D eigenvalue weighted by Gasteiger charge is 2.06. The zero-order valence-corrected chi connectivity index (χ0v) is 13.4. The topological polar surface area (TPSA) is 41.5 Å². The van der Waals surface area contributed by atoms with Gasteiger partial charge in [0, 0.05) is 6.54 Å². The van der Waals surface area contributed by atoms with E-state index < -0.39 is 6.10 Å². The molecule has 2 rings (SSSR count). The van der Waals surface area contributed by atoms with Crippen LogP contribution in [0.15, 0.2) is 41.1 Å². The summed E-state index contributed by atoms with van der Waals surface area (Å²) in [5.74, 6) is 1.37. The molecule has 0 aliphatic rings. The molecule has 1 atom stereocenters. The van der Waals surface area contributed by atoms with Crippen LogP contribution in [0, 0.1) is 5.92 Å². The largest absolute Gasteiger partial charge is 0.491 e. The molecule has 0 saturated carbocycles. The minimum Gasteiger partial charge on any atom is -0.491 e. The Labute approximate surface area is 130 Å². The second-order valence-electron chi connectivity index (χ2n) is 5.55. The molecule has 1 aromatic carbocycles. The summed E-state index contributed by atoms with van der Waals surface area (Å²) in [4.78, 5) is 0. The predicted octanol–water partition coefficient (Wildman–Crippen LogP) is 3.40. The van der Waals surface area contributed by atoms with Crippen LogP contribution < -0.4 is 10.1 Å². The van der Waals surface area contributed by atoms with E-state index in [2.05, 4.69) is 36.0 Å². The van der Waals surface area contributed by atoms with Gasteiger partial charge >= 0.3 is 0 Å². The van der Waals surface area contributed by atoms with Crippen molar-refractivity contribution in [2.75, 3.05) is 19.7 Å². The SMILES string of the molecule is CC(C)CNCC(O)COc1ccc(-c2ccsc2)cc1. The van der Waals surface area contributed by atoms with E-state index >= 15 is 0 Å². The second-order valence-corrected chi connectivity index (χ2v) is 6.33. The van der Waals surface area contributed by atoms with Gasteiger partial charge in [-0.2, -0.15) is 11.3 Å². The fourth-order valence-corrected chi connectivity index (χ4v) is 2.63. The molecule has 114 valence electrons. The quantitative estimate of drug-likeness (QED) is 0.785. The minimum absolute atomic E-state index is 0.308. The summed E-state index contributed by atoms with van der Waals surface area (Å²) >= 11 is 1.69. The third-order valence-corrected chi connectivity index (χ3v) is 3.77. The highest BCUT2D eigenvalue weighted by Crippen LogP contribution is 2.24. The Hall–Kier alpha value is -1.36. The molecule has 1 unspecified atom stereocenters. The molecule has 2 aromatic rings. The van der Waals surface area contributed by atoms with Crippen LogP contribution in [0.5, 0.6) is 5.75 Å². The second kappa shape index (κ2) is 8.17. The molecule has 3 nitrogen and oxygen atoms in total. The van der Waals surface area contributed by atoms with Gasteiger partial charge in [0.2, 0.25) is 0 Å². The smallest absolute Gasteiger partial charge is 0.119 e. The van der Waals surface area contributed by atoms with Gasteiger partial charge in [0.25, 0.3) is 0 Å². The lowest BCUT2D eigenvalue weighted by molar-refractivity contribution is 0.106. The zero-order chi connectivity index (χ0) is 15.1. The maximum absolute atomic E-state index is 9.84. The molecule has 0 spiro atoms. The van der Waals surface area contributed by atoms with E-state index in [1.807, 2.05) is 24.3 Å². The molecule has 0 saturated heterocycles. The number of rotatable bonds is 8. The van der Waals surface area contributed by atoms with Gasteiger partial charge in [-0.15, -0.1) is 0 Å². The summed E-state index contributed by atoms with van der Waals surface area (Å²) in [6.07, 6.45) is -0.486.